The number of piperazine rings is 1. The summed E-state index contributed by atoms with van der Waals surface area (Å²) in [4.78, 5) is 71.0. The summed E-state index contributed by atoms with van der Waals surface area (Å²) in [6, 6.07) is 16.9. The van der Waals surface area contributed by atoms with E-state index < -0.39 is 17.6 Å². The Balaban J connectivity index is 0.760. The molecule has 3 aliphatic heterocycles. The first kappa shape index (κ1) is 40.0. The smallest absolute Gasteiger partial charge is 0.278 e. The number of imide groups is 1. The molecule has 0 radical (unpaired) electrons. The van der Waals surface area contributed by atoms with Gasteiger partial charge in [-0.15, -0.1) is 6.58 Å². The number of carbonyl (C=O) groups is 3. The number of anilines is 3. The van der Waals surface area contributed by atoms with E-state index in [1.54, 1.807) is 32.6 Å². The van der Waals surface area contributed by atoms with Crippen molar-refractivity contribution in [1.29, 1.82) is 0 Å². The molecule has 3 aromatic heterocycles. The monoisotopic (exact) mass is 826 g/mol. The van der Waals surface area contributed by atoms with Crippen molar-refractivity contribution in [3.05, 3.63) is 106 Å². The highest BCUT2D eigenvalue weighted by molar-refractivity contribution is 6.05. The van der Waals surface area contributed by atoms with Gasteiger partial charge >= 0.3 is 0 Å². The number of aryl methyl sites for hydroxylation is 1. The van der Waals surface area contributed by atoms with Gasteiger partial charge in [0.05, 0.1) is 18.8 Å². The Morgan fingerprint density at radius 2 is 1.80 bits per heavy atom. The number of hydrogen-bond acceptors (Lipinski definition) is 12. The highest BCUT2D eigenvalue weighted by Crippen LogP contribution is 2.38. The lowest BCUT2D eigenvalue weighted by molar-refractivity contribution is -0.136. The Labute approximate surface area is 352 Å². The van der Waals surface area contributed by atoms with Crippen LogP contribution in [0.5, 0.6) is 5.75 Å². The molecule has 2 saturated heterocycles. The molecule has 0 bridgehead atoms. The number of unbranched alkanes of at least 4 members (excludes halogenated alkanes) is 1. The maximum atomic E-state index is 13.5. The Morgan fingerprint density at radius 3 is 2.57 bits per heavy atom. The van der Waals surface area contributed by atoms with Crippen LogP contribution in [0.4, 0.5) is 17.3 Å². The van der Waals surface area contributed by atoms with Gasteiger partial charge in [-0.1, -0.05) is 19.1 Å². The van der Waals surface area contributed by atoms with Crippen LogP contribution >= 0.6 is 0 Å². The maximum Gasteiger partial charge on any atom is 0.278 e. The minimum atomic E-state index is -0.998. The largest absolute Gasteiger partial charge is 0.494 e. The summed E-state index contributed by atoms with van der Waals surface area (Å²) in [5, 5.41) is 17.3. The molecule has 16 nitrogen and oxygen atoms in total. The van der Waals surface area contributed by atoms with Crippen LogP contribution in [-0.4, -0.2) is 102 Å². The molecule has 1 unspecified atom stereocenters. The van der Waals surface area contributed by atoms with Crippen molar-refractivity contribution in [2.45, 2.75) is 76.6 Å². The topological polar surface area (TPSA) is 180 Å². The van der Waals surface area contributed by atoms with Crippen LogP contribution in [-0.2, 0) is 34.7 Å². The molecule has 61 heavy (non-hydrogen) atoms. The van der Waals surface area contributed by atoms with E-state index in [9.17, 15) is 24.3 Å². The highest BCUT2D eigenvalue weighted by atomic mass is 16.5. The molecule has 16 heteroatoms. The van der Waals surface area contributed by atoms with Crippen LogP contribution in [0.3, 0.4) is 0 Å². The number of carbonyl (C=O) groups excluding carboxylic acids is 3. The second-order valence-electron chi connectivity index (χ2n) is 16.3. The molecule has 2 atom stereocenters. The van der Waals surface area contributed by atoms with Gasteiger partial charge in [-0.05, 0) is 105 Å². The van der Waals surface area contributed by atoms with Crippen molar-refractivity contribution in [1.82, 2.24) is 39.4 Å². The van der Waals surface area contributed by atoms with Gasteiger partial charge in [0.1, 0.15) is 22.8 Å². The van der Waals surface area contributed by atoms with E-state index in [4.69, 9.17) is 14.7 Å². The number of allylic oxidation sites excluding steroid dienone is 1. The predicted octanol–water partition coefficient (Wildman–Crippen LogP) is 4.19. The lowest BCUT2D eigenvalue weighted by atomic mass is 9.98. The molecule has 2 aromatic carbocycles. The molecule has 3 N–H and O–H groups in total. The normalized spacial score (nSPS) is 20.2. The summed E-state index contributed by atoms with van der Waals surface area (Å²) in [6.07, 6.45) is 7.60. The van der Waals surface area contributed by atoms with E-state index in [1.165, 1.54) is 0 Å². The number of fused-ring (bicyclic) bond motifs is 3. The fraction of sp³-hybridized carbons (Fsp3) is 0.400. The maximum absolute atomic E-state index is 13.5. The molecule has 4 aliphatic rings. The standard InChI is InChI=1S/C45H50N10O6/c1-3-19-54-43(59)35-27-46-44(50-40(35)55(54)37-15-7-29-17-18-45(60,4-2)39(29)48-37)47-31-8-10-32(11-9-31)52-23-21-51(22-24-52)20-5-6-25-61-33-12-13-34-30(26-33)28-53(42(34)58)36-14-16-38(56)49-41(36)57/h3,7-13,15,26-27,36,60H,1,4-6,14,16-25,28H2,2H3,(H,46,47,50)(H,49,56,57)/t36?,45-/m1/s1. The summed E-state index contributed by atoms with van der Waals surface area (Å²) in [5.74, 6) is 0.656. The van der Waals surface area contributed by atoms with Crippen molar-refractivity contribution < 1.29 is 24.2 Å². The first-order chi connectivity index (χ1) is 29.6. The molecule has 2 fully saturated rings. The van der Waals surface area contributed by atoms with Crippen molar-refractivity contribution in [3.63, 3.8) is 0 Å². The zero-order chi connectivity index (χ0) is 42.3. The van der Waals surface area contributed by atoms with E-state index in [2.05, 4.69) is 44.1 Å². The molecular weight excluding hydrogens is 777 g/mol. The van der Waals surface area contributed by atoms with Crippen LogP contribution in [0, 0.1) is 0 Å². The first-order valence-electron chi connectivity index (χ1n) is 21.2. The van der Waals surface area contributed by atoms with E-state index in [0.717, 1.165) is 74.5 Å². The van der Waals surface area contributed by atoms with E-state index in [0.29, 0.717) is 72.2 Å². The number of hydrogen-bond donors (Lipinski definition) is 3. The van der Waals surface area contributed by atoms with Crippen LogP contribution in [0.1, 0.15) is 72.6 Å². The Bertz CT molecular complexity index is 2580. The third-order valence-electron chi connectivity index (χ3n) is 12.5. The van der Waals surface area contributed by atoms with Crippen LogP contribution in [0.2, 0.25) is 0 Å². The second kappa shape index (κ2) is 16.6. The summed E-state index contributed by atoms with van der Waals surface area (Å²) in [5.41, 5.74) is 4.20. The number of aromatic nitrogens is 5. The number of aliphatic hydroxyl groups is 1. The Kier molecular flexibility index (Phi) is 10.9. The average molecular weight is 827 g/mol. The zero-order valence-electron chi connectivity index (χ0n) is 34.3. The second-order valence-corrected chi connectivity index (χ2v) is 16.3. The average Bonchev–Trinajstić information content (AvgIpc) is 3.88. The minimum Gasteiger partial charge on any atom is -0.494 e. The number of rotatable bonds is 14. The number of nitrogens with zero attached hydrogens (tertiary/aromatic N) is 8. The predicted molar refractivity (Wildman–Crippen MR) is 229 cm³/mol. The first-order valence-corrected chi connectivity index (χ1v) is 21.2. The van der Waals surface area contributed by atoms with E-state index in [-0.39, 0.29) is 30.3 Å². The number of pyridine rings is 1. The Morgan fingerprint density at radius 1 is 0.984 bits per heavy atom. The number of nitrogens with one attached hydrogen (secondary N) is 2. The van der Waals surface area contributed by atoms with Crippen molar-refractivity contribution in [2.24, 2.45) is 0 Å². The molecular formula is C45H50N10O6. The number of ether oxygens (including phenoxy) is 1. The highest BCUT2D eigenvalue weighted by Gasteiger charge is 2.40. The summed E-state index contributed by atoms with van der Waals surface area (Å²) < 4.78 is 9.29. The van der Waals surface area contributed by atoms with Gasteiger partial charge in [-0.2, -0.15) is 4.98 Å². The quantitative estimate of drug-likeness (QED) is 0.0827. The van der Waals surface area contributed by atoms with Crippen molar-refractivity contribution in [2.75, 3.05) is 49.5 Å². The molecule has 1 aliphatic carbocycles. The van der Waals surface area contributed by atoms with Gasteiger partial charge in [-0.25, -0.2) is 19.3 Å². The molecule has 9 rings (SSSR count). The fourth-order valence-corrected chi connectivity index (χ4v) is 9.00. The fourth-order valence-electron chi connectivity index (χ4n) is 9.00. The SMILES string of the molecule is C=CCn1c(=O)c2cnc(Nc3ccc(N4CCN(CCCCOc5ccc6c(c5)CN(C5CCC(=O)NC5=O)C6=O)CC4)cc3)nc2n1-c1ccc2c(n1)[C@@](O)(CC)CC2. The third-order valence-corrected chi connectivity index (χ3v) is 12.5. The van der Waals surface area contributed by atoms with E-state index in [1.807, 2.05) is 43.3 Å². The van der Waals surface area contributed by atoms with Gasteiger partial charge in [0.25, 0.3) is 11.5 Å². The molecule has 6 heterocycles. The summed E-state index contributed by atoms with van der Waals surface area (Å²) >= 11 is 0. The van der Waals surface area contributed by atoms with Gasteiger partial charge in [0.2, 0.25) is 17.8 Å². The van der Waals surface area contributed by atoms with Crippen LogP contribution in [0.15, 0.2) is 78.2 Å². The van der Waals surface area contributed by atoms with Crippen LogP contribution < -0.4 is 25.8 Å². The molecule has 0 spiro atoms. The molecule has 3 amide bonds. The lowest BCUT2D eigenvalue weighted by Crippen LogP contribution is -2.52. The minimum absolute atomic E-state index is 0.187. The van der Waals surface area contributed by atoms with E-state index >= 15 is 0 Å². The third kappa shape index (κ3) is 7.76. The summed E-state index contributed by atoms with van der Waals surface area (Å²) in [7, 11) is 0. The molecule has 5 aromatic rings. The molecule has 316 valence electrons. The number of piperidine rings is 1. The lowest BCUT2D eigenvalue weighted by Gasteiger charge is -2.36. The van der Waals surface area contributed by atoms with Crippen molar-refractivity contribution in [3.8, 4) is 11.6 Å². The zero-order valence-corrected chi connectivity index (χ0v) is 34.3. The Hall–Kier alpha value is -6.39. The van der Waals surface area contributed by atoms with Gasteiger partial charge in [0, 0.05) is 62.3 Å². The van der Waals surface area contributed by atoms with Gasteiger partial charge < -0.3 is 25.0 Å². The number of amides is 3. The summed E-state index contributed by atoms with van der Waals surface area (Å²) in [6.45, 7) is 11.7. The van der Waals surface area contributed by atoms with Crippen LogP contribution in [0.25, 0.3) is 16.9 Å². The van der Waals surface area contributed by atoms with Gasteiger partial charge in [0.15, 0.2) is 11.5 Å². The number of benzene rings is 2. The van der Waals surface area contributed by atoms with Crippen molar-refractivity contribution >= 4 is 46.1 Å². The van der Waals surface area contributed by atoms with Gasteiger partial charge in [-0.3, -0.25) is 29.4 Å². The molecule has 0 saturated carbocycles.